The Morgan fingerprint density at radius 1 is 1.11 bits per heavy atom. The normalized spacial score (nSPS) is 13.3. The first kappa shape index (κ1) is 34.5. The number of ether oxygens (including phenoxy) is 3. The van der Waals surface area contributed by atoms with Crippen molar-refractivity contribution in [1.82, 2.24) is 15.2 Å². The van der Waals surface area contributed by atoms with Crippen molar-refractivity contribution in [3.05, 3.63) is 73.5 Å². The van der Waals surface area contributed by atoms with E-state index < -0.39 is 11.2 Å². The van der Waals surface area contributed by atoms with Crippen LogP contribution in [0.4, 0.5) is 14.5 Å². The van der Waals surface area contributed by atoms with Crippen LogP contribution in [0, 0.1) is 11.2 Å². The van der Waals surface area contributed by atoms with Crippen LogP contribution in [0.5, 0.6) is 23.0 Å². The maximum Gasteiger partial charge on any atom is 0.231 e. The smallest absolute Gasteiger partial charge is 0.231 e. The van der Waals surface area contributed by atoms with Gasteiger partial charge < -0.3 is 29.7 Å². The first-order chi connectivity index (χ1) is 21.3. The number of carbonyl (C=O) groups excluding carboxylic acids is 1. The molecule has 1 aliphatic rings. The molecular weight excluding hydrogens is 566 g/mol. The van der Waals surface area contributed by atoms with Gasteiger partial charge in [0.1, 0.15) is 5.75 Å². The summed E-state index contributed by atoms with van der Waals surface area (Å²) in [7, 11) is 1.58. The van der Waals surface area contributed by atoms with Crippen molar-refractivity contribution >= 4 is 22.5 Å². The molecule has 10 heteroatoms. The Morgan fingerprint density at radius 2 is 1.86 bits per heavy atom. The molecule has 0 unspecified atom stereocenters. The van der Waals surface area contributed by atoms with Gasteiger partial charge in [-0.1, -0.05) is 26.0 Å². The first-order valence-corrected chi connectivity index (χ1v) is 15.0. The molecule has 3 aromatic rings. The third-order valence-corrected chi connectivity index (χ3v) is 7.38. The fraction of sp³-hybridized carbons (Fsp3) is 0.412. The summed E-state index contributed by atoms with van der Waals surface area (Å²) < 4.78 is 43.2. The summed E-state index contributed by atoms with van der Waals surface area (Å²) in [6.07, 6.45) is 7.69. The van der Waals surface area contributed by atoms with Gasteiger partial charge in [-0.3, -0.25) is 9.78 Å². The van der Waals surface area contributed by atoms with E-state index in [1.165, 1.54) is 18.2 Å². The Kier molecular flexibility index (Phi) is 13.6. The Bertz CT molecular complexity index is 1400. The topological polar surface area (TPSA) is 85.0 Å². The Morgan fingerprint density at radius 3 is 2.48 bits per heavy atom. The molecule has 4 rings (SSSR count). The van der Waals surface area contributed by atoms with E-state index in [9.17, 15) is 9.18 Å². The molecule has 0 bridgehead atoms. The lowest BCUT2D eigenvalue weighted by molar-refractivity contribution is -0.121. The highest BCUT2D eigenvalue weighted by atomic mass is 19.1. The number of nitrogens with one attached hydrogen (secondary N) is 2. The third-order valence-electron chi connectivity index (χ3n) is 7.38. The lowest BCUT2D eigenvalue weighted by Crippen LogP contribution is -2.34. The number of carbonyl (C=O) groups is 1. The minimum absolute atomic E-state index is 0.0370. The van der Waals surface area contributed by atoms with Gasteiger partial charge in [0.25, 0.3) is 0 Å². The Labute approximate surface area is 259 Å². The molecule has 2 N–H and O–H groups in total. The summed E-state index contributed by atoms with van der Waals surface area (Å²) in [5, 5.41) is 6.71. The highest BCUT2D eigenvalue weighted by Crippen LogP contribution is 2.46. The number of nitrogens with zero attached hydrogens (tertiary/aromatic N) is 2. The average molecular weight is 611 g/mol. The standard InChI is InChI=1S/C31H39FN4O4.C3H5F/c1-5-14-33-21-31(12-13-31)30(37)35-22-9-10-27(24(32)18-22)40-26-11-15-34-25-20-29(28(38-4)19-23(25)26)39-17-8-16-36(6-2)7-3;1-2-3-4/h5,9-11,15,18-20,33H,1,6-8,12-14,16-17,21H2,2-4H3,(H,35,37);2-3H,1H3/b;3-2+. The average Bonchev–Trinajstić information content (AvgIpc) is 3.83. The quantitative estimate of drug-likeness (QED) is 0.130. The fourth-order valence-electron chi connectivity index (χ4n) is 4.59. The number of amides is 1. The van der Waals surface area contributed by atoms with E-state index >= 15 is 4.39 Å². The van der Waals surface area contributed by atoms with Crippen LogP contribution in [0.2, 0.25) is 0 Å². The number of fused-ring (bicyclic) bond motifs is 1. The largest absolute Gasteiger partial charge is 0.493 e. The van der Waals surface area contributed by atoms with Gasteiger partial charge in [0.05, 0.1) is 31.0 Å². The van der Waals surface area contributed by atoms with Gasteiger partial charge in [-0.05, 0) is 63.5 Å². The Hall–Kier alpha value is -4.02. The van der Waals surface area contributed by atoms with Crippen LogP contribution < -0.4 is 24.8 Å². The van der Waals surface area contributed by atoms with Gasteiger partial charge in [-0.2, -0.15) is 0 Å². The molecule has 8 nitrogen and oxygen atoms in total. The van der Waals surface area contributed by atoms with E-state index in [0.29, 0.717) is 59.9 Å². The molecule has 0 atom stereocenters. The minimum atomic E-state index is -0.586. The summed E-state index contributed by atoms with van der Waals surface area (Å²) in [5.74, 6) is 0.905. The van der Waals surface area contributed by atoms with Crippen LogP contribution in [-0.2, 0) is 4.79 Å². The zero-order valence-electron chi connectivity index (χ0n) is 26.1. The number of anilines is 1. The molecule has 1 heterocycles. The first-order valence-electron chi connectivity index (χ1n) is 15.0. The molecule has 44 heavy (non-hydrogen) atoms. The monoisotopic (exact) mass is 610 g/mol. The summed E-state index contributed by atoms with van der Waals surface area (Å²) >= 11 is 0. The van der Waals surface area contributed by atoms with Crippen LogP contribution >= 0.6 is 0 Å². The van der Waals surface area contributed by atoms with Gasteiger partial charge in [-0.25, -0.2) is 8.78 Å². The highest BCUT2D eigenvalue weighted by molar-refractivity contribution is 5.97. The fourth-order valence-corrected chi connectivity index (χ4v) is 4.59. The van der Waals surface area contributed by atoms with Crippen molar-refractivity contribution in [2.24, 2.45) is 5.41 Å². The van der Waals surface area contributed by atoms with Crippen LogP contribution in [-0.4, -0.2) is 62.2 Å². The summed E-state index contributed by atoms with van der Waals surface area (Å²) in [6.45, 7) is 14.3. The van der Waals surface area contributed by atoms with Crippen molar-refractivity contribution in [3.8, 4) is 23.0 Å². The van der Waals surface area contributed by atoms with E-state index in [-0.39, 0.29) is 11.7 Å². The predicted molar refractivity (Wildman–Crippen MR) is 172 cm³/mol. The summed E-state index contributed by atoms with van der Waals surface area (Å²) in [6, 6.07) is 9.70. The van der Waals surface area contributed by atoms with Crippen molar-refractivity contribution in [2.75, 3.05) is 51.8 Å². The zero-order valence-corrected chi connectivity index (χ0v) is 26.1. The molecule has 1 saturated carbocycles. The van der Waals surface area contributed by atoms with Gasteiger partial charge >= 0.3 is 0 Å². The highest BCUT2D eigenvalue weighted by Gasteiger charge is 2.49. The van der Waals surface area contributed by atoms with E-state index in [4.69, 9.17) is 14.2 Å². The van der Waals surface area contributed by atoms with Crippen molar-refractivity contribution < 1.29 is 27.8 Å². The number of aromatic nitrogens is 1. The molecule has 238 valence electrons. The van der Waals surface area contributed by atoms with E-state index in [1.54, 1.807) is 44.5 Å². The van der Waals surface area contributed by atoms with Gasteiger partial charge in [0, 0.05) is 49.0 Å². The molecule has 1 fully saturated rings. The second kappa shape index (κ2) is 17.3. The molecule has 0 spiro atoms. The number of allylic oxidation sites excluding steroid dienone is 1. The number of rotatable bonds is 16. The van der Waals surface area contributed by atoms with Gasteiger partial charge in [-0.15, -0.1) is 6.58 Å². The molecular formula is C34H44F2N4O4. The SMILES string of the molecule is C/C=C/F.C=CCNCC1(C(=O)Nc2ccc(Oc3ccnc4cc(OCCCN(CC)CC)c(OC)cc34)c(F)c2)CC1. The number of hydrogen-bond donors (Lipinski definition) is 2. The lowest BCUT2D eigenvalue weighted by Gasteiger charge is -2.18. The zero-order chi connectivity index (χ0) is 32.0. The van der Waals surface area contributed by atoms with E-state index in [2.05, 4.69) is 40.9 Å². The minimum Gasteiger partial charge on any atom is -0.493 e. The van der Waals surface area contributed by atoms with Crippen LogP contribution in [0.25, 0.3) is 10.9 Å². The van der Waals surface area contributed by atoms with Crippen molar-refractivity contribution in [2.45, 2.75) is 40.0 Å². The van der Waals surface area contributed by atoms with E-state index in [1.807, 2.05) is 6.07 Å². The molecule has 1 aliphatic carbocycles. The Balaban J connectivity index is 0.00000124. The van der Waals surface area contributed by atoms with Gasteiger partial charge in [0.2, 0.25) is 5.91 Å². The third kappa shape index (κ3) is 9.49. The van der Waals surface area contributed by atoms with Gasteiger partial charge in [0.15, 0.2) is 23.1 Å². The molecule has 2 aromatic carbocycles. The summed E-state index contributed by atoms with van der Waals surface area (Å²) in [5.41, 5.74) is 0.576. The van der Waals surface area contributed by atoms with Crippen LogP contribution in [0.3, 0.4) is 0 Å². The van der Waals surface area contributed by atoms with Crippen LogP contribution in [0.15, 0.2) is 67.7 Å². The number of benzene rings is 2. The number of halogens is 2. The maximum atomic E-state index is 15.1. The molecule has 0 radical (unpaired) electrons. The van der Waals surface area contributed by atoms with Crippen molar-refractivity contribution in [3.63, 3.8) is 0 Å². The van der Waals surface area contributed by atoms with E-state index in [0.717, 1.165) is 38.9 Å². The number of hydrogen-bond acceptors (Lipinski definition) is 7. The summed E-state index contributed by atoms with van der Waals surface area (Å²) in [4.78, 5) is 19.6. The predicted octanol–water partition coefficient (Wildman–Crippen LogP) is 7.27. The van der Waals surface area contributed by atoms with Crippen LogP contribution in [0.1, 0.15) is 40.0 Å². The number of methoxy groups -OCH3 is 1. The second-order valence-electron chi connectivity index (χ2n) is 10.4. The number of pyridine rings is 1. The molecule has 0 saturated heterocycles. The molecule has 1 aromatic heterocycles. The molecule has 1 amide bonds. The van der Waals surface area contributed by atoms with Crippen molar-refractivity contribution in [1.29, 1.82) is 0 Å². The lowest BCUT2D eigenvalue weighted by atomic mass is 10.1. The molecule has 0 aliphatic heterocycles. The maximum absolute atomic E-state index is 15.1. The second-order valence-corrected chi connectivity index (χ2v) is 10.4.